The summed E-state index contributed by atoms with van der Waals surface area (Å²) in [5, 5.41) is 2.52. The van der Waals surface area contributed by atoms with Gasteiger partial charge < -0.3 is 9.47 Å². The Morgan fingerprint density at radius 2 is 1.32 bits per heavy atom. The molecule has 1 spiro atoms. The van der Waals surface area contributed by atoms with Crippen LogP contribution in [0.5, 0.6) is 11.5 Å². The molecule has 3 aliphatic rings. The van der Waals surface area contributed by atoms with E-state index in [1.54, 1.807) is 0 Å². The number of rotatable bonds is 5. The first-order chi connectivity index (χ1) is 22.9. The Hall–Kier alpha value is -4.30. The lowest BCUT2D eigenvalue weighted by Gasteiger charge is -2.40. The van der Waals surface area contributed by atoms with Crippen molar-refractivity contribution in [1.82, 2.24) is 0 Å². The summed E-state index contributed by atoms with van der Waals surface area (Å²) < 4.78 is 13.6. The molecule has 1 unspecified atom stereocenters. The van der Waals surface area contributed by atoms with E-state index in [1.165, 1.54) is 100 Å². The fraction of sp³-hybridized carbons (Fsp3) is 0.333. The molecule has 1 aliphatic heterocycles. The summed E-state index contributed by atoms with van der Waals surface area (Å²) in [5.74, 6) is 1.91. The Morgan fingerprint density at radius 3 is 2.04 bits per heavy atom. The van der Waals surface area contributed by atoms with Crippen LogP contribution in [0.1, 0.15) is 103 Å². The SMILES string of the molecule is CCCOc1ccc(C2(c3ccc(C)cc3)C=Cc3c4c(c5ccc(C)cc5c3O2)-c2ccc(C)cc2C42CCCCCCC2)cc1. The molecular weight excluding hydrogens is 572 g/mol. The Balaban J connectivity index is 1.41. The highest BCUT2D eigenvalue weighted by molar-refractivity contribution is 6.08. The number of aryl methyl sites for hydroxylation is 3. The summed E-state index contributed by atoms with van der Waals surface area (Å²) in [5.41, 5.74) is 12.5. The minimum atomic E-state index is -0.773. The molecule has 8 rings (SSSR count). The fourth-order valence-corrected chi connectivity index (χ4v) is 8.77. The Bertz CT molecular complexity index is 1990. The van der Waals surface area contributed by atoms with Crippen LogP contribution in [0.4, 0.5) is 0 Å². The standard InChI is InChI=1S/C45H46O2/c1-5-27-46-35-19-17-34(18-20-35)45(33-15-11-30(2)12-16-33)26-23-38-42-41(36-21-13-31(3)28-39(36)43(38)47-45)37-22-14-32(4)29-40(37)44(42)24-9-7-6-8-10-25-44/h11-23,26,28-29H,5-10,24-25,27H2,1-4H3. The average Bonchev–Trinajstić information content (AvgIpc) is 3.35. The molecule has 0 radical (unpaired) electrons. The van der Waals surface area contributed by atoms with Gasteiger partial charge in [0.2, 0.25) is 0 Å². The Kier molecular flexibility index (Phi) is 7.51. The van der Waals surface area contributed by atoms with Gasteiger partial charge >= 0.3 is 0 Å². The molecule has 0 saturated heterocycles. The first-order valence-corrected chi connectivity index (χ1v) is 17.8. The molecule has 2 aliphatic carbocycles. The van der Waals surface area contributed by atoms with E-state index in [4.69, 9.17) is 9.47 Å². The molecule has 1 atom stereocenters. The van der Waals surface area contributed by atoms with Crippen molar-refractivity contribution >= 4 is 16.8 Å². The van der Waals surface area contributed by atoms with Gasteiger partial charge in [0.05, 0.1) is 6.61 Å². The summed E-state index contributed by atoms with van der Waals surface area (Å²) in [6.45, 7) is 9.47. The van der Waals surface area contributed by atoms with Gasteiger partial charge in [0.25, 0.3) is 0 Å². The molecule has 1 saturated carbocycles. The highest BCUT2D eigenvalue weighted by atomic mass is 16.5. The van der Waals surface area contributed by atoms with E-state index in [0.29, 0.717) is 6.61 Å². The molecule has 0 bridgehead atoms. The van der Waals surface area contributed by atoms with E-state index in [1.807, 2.05) is 0 Å². The normalized spacial score (nSPS) is 19.4. The molecule has 5 aromatic carbocycles. The van der Waals surface area contributed by atoms with E-state index in [0.717, 1.165) is 29.0 Å². The van der Waals surface area contributed by atoms with Gasteiger partial charge in [0.15, 0.2) is 5.60 Å². The van der Waals surface area contributed by atoms with Gasteiger partial charge in [-0.05, 0) is 91.9 Å². The third kappa shape index (κ3) is 4.83. The zero-order chi connectivity index (χ0) is 32.2. The molecule has 47 heavy (non-hydrogen) atoms. The second kappa shape index (κ2) is 11.7. The van der Waals surface area contributed by atoms with Crippen LogP contribution in [0, 0.1) is 20.8 Å². The highest BCUT2D eigenvalue weighted by Crippen LogP contribution is 2.61. The molecular formula is C45H46O2. The monoisotopic (exact) mass is 618 g/mol. The predicted octanol–water partition coefficient (Wildman–Crippen LogP) is 11.9. The lowest BCUT2D eigenvalue weighted by Crippen LogP contribution is -2.35. The maximum absolute atomic E-state index is 7.63. The largest absolute Gasteiger partial charge is 0.494 e. The lowest BCUT2D eigenvalue weighted by molar-refractivity contribution is 0.163. The van der Waals surface area contributed by atoms with Crippen molar-refractivity contribution in [1.29, 1.82) is 0 Å². The van der Waals surface area contributed by atoms with Crippen molar-refractivity contribution in [2.45, 2.75) is 90.1 Å². The van der Waals surface area contributed by atoms with Crippen molar-refractivity contribution in [2.24, 2.45) is 0 Å². The smallest absolute Gasteiger partial charge is 0.178 e. The summed E-state index contributed by atoms with van der Waals surface area (Å²) in [6.07, 6.45) is 14.6. The van der Waals surface area contributed by atoms with Gasteiger partial charge in [-0.1, -0.05) is 129 Å². The molecule has 0 aromatic heterocycles. The number of hydrogen-bond acceptors (Lipinski definition) is 2. The van der Waals surface area contributed by atoms with Crippen molar-refractivity contribution in [2.75, 3.05) is 6.61 Å². The van der Waals surface area contributed by atoms with Crippen LogP contribution >= 0.6 is 0 Å². The van der Waals surface area contributed by atoms with E-state index >= 15 is 0 Å². The Labute approximate surface area is 280 Å². The molecule has 0 N–H and O–H groups in total. The average molecular weight is 619 g/mol. The van der Waals surface area contributed by atoms with Crippen LogP contribution in [0.15, 0.2) is 91.0 Å². The van der Waals surface area contributed by atoms with Gasteiger partial charge in [-0.15, -0.1) is 0 Å². The fourth-order valence-electron chi connectivity index (χ4n) is 8.77. The molecule has 2 nitrogen and oxygen atoms in total. The second-order valence-electron chi connectivity index (χ2n) is 14.4. The molecule has 238 valence electrons. The number of benzene rings is 5. The zero-order valence-electron chi connectivity index (χ0n) is 28.4. The maximum atomic E-state index is 7.63. The third-order valence-electron chi connectivity index (χ3n) is 11.1. The number of hydrogen-bond donors (Lipinski definition) is 0. The van der Waals surface area contributed by atoms with E-state index in [9.17, 15) is 0 Å². The number of ether oxygens (including phenoxy) is 2. The third-order valence-corrected chi connectivity index (χ3v) is 11.1. The van der Waals surface area contributed by atoms with E-state index in [-0.39, 0.29) is 5.41 Å². The molecule has 2 heteroatoms. The zero-order valence-corrected chi connectivity index (χ0v) is 28.4. The topological polar surface area (TPSA) is 18.5 Å². The molecule has 1 fully saturated rings. The quantitative estimate of drug-likeness (QED) is 0.195. The van der Waals surface area contributed by atoms with Crippen LogP contribution in [0.3, 0.4) is 0 Å². The van der Waals surface area contributed by atoms with E-state index in [2.05, 4.69) is 125 Å². The predicted molar refractivity (Wildman–Crippen MR) is 196 cm³/mol. The second-order valence-corrected chi connectivity index (χ2v) is 14.4. The number of fused-ring (bicyclic) bond motifs is 10. The van der Waals surface area contributed by atoms with Crippen molar-refractivity contribution < 1.29 is 9.47 Å². The molecule has 0 amide bonds. The van der Waals surface area contributed by atoms with Crippen LogP contribution in [-0.2, 0) is 11.0 Å². The van der Waals surface area contributed by atoms with Crippen LogP contribution in [-0.4, -0.2) is 6.61 Å². The van der Waals surface area contributed by atoms with Gasteiger partial charge in [0.1, 0.15) is 11.5 Å². The summed E-state index contributed by atoms with van der Waals surface area (Å²) >= 11 is 0. The minimum absolute atomic E-state index is 0.00388. The first-order valence-electron chi connectivity index (χ1n) is 17.8. The van der Waals surface area contributed by atoms with E-state index < -0.39 is 5.60 Å². The molecule has 5 aromatic rings. The first kappa shape index (κ1) is 30.1. The van der Waals surface area contributed by atoms with Crippen LogP contribution in [0.2, 0.25) is 0 Å². The summed E-state index contributed by atoms with van der Waals surface area (Å²) in [7, 11) is 0. The molecule has 1 heterocycles. The maximum Gasteiger partial charge on any atom is 0.178 e. The lowest BCUT2D eigenvalue weighted by atomic mass is 9.67. The van der Waals surface area contributed by atoms with Crippen LogP contribution in [0.25, 0.3) is 28.0 Å². The summed E-state index contributed by atoms with van der Waals surface area (Å²) in [4.78, 5) is 0. The minimum Gasteiger partial charge on any atom is -0.494 e. The van der Waals surface area contributed by atoms with Gasteiger partial charge in [-0.25, -0.2) is 0 Å². The Morgan fingerprint density at radius 1 is 0.681 bits per heavy atom. The van der Waals surface area contributed by atoms with Gasteiger partial charge in [0, 0.05) is 27.5 Å². The van der Waals surface area contributed by atoms with Crippen molar-refractivity contribution in [3.8, 4) is 22.6 Å². The van der Waals surface area contributed by atoms with Gasteiger partial charge in [-0.3, -0.25) is 0 Å². The van der Waals surface area contributed by atoms with Crippen molar-refractivity contribution in [3.63, 3.8) is 0 Å². The van der Waals surface area contributed by atoms with Crippen molar-refractivity contribution in [3.05, 3.63) is 136 Å². The van der Waals surface area contributed by atoms with Crippen LogP contribution < -0.4 is 9.47 Å². The summed E-state index contributed by atoms with van der Waals surface area (Å²) in [6, 6.07) is 31.7. The highest BCUT2D eigenvalue weighted by Gasteiger charge is 2.48. The van der Waals surface area contributed by atoms with Gasteiger partial charge in [-0.2, -0.15) is 0 Å².